The molecule has 0 heterocycles. The average molecular weight is 434 g/mol. The molecular weight excluding hydrogens is 403 g/mol. The van der Waals surface area contributed by atoms with Gasteiger partial charge < -0.3 is 15.4 Å². The van der Waals surface area contributed by atoms with Crippen LogP contribution in [0.25, 0.3) is 0 Å². The molecule has 0 aromatic heterocycles. The third-order valence-electron chi connectivity index (χ3n) is 4.86. The molecule has 1 fully saturated rings. The molecule has 5 nitrogen and oxygen atoms in total. The highest BCUT2D eigenvalue weighted by Gasteiger charge is 2.27. The third kappa shape index (κ3) is 8.74. The van der Waals surface area contributed by atoms with Crippen LogP contribution in [0.1, 0.15) is 43.7 Å². The number of rotatable bonds is 8. The van der Waals surface area contributed by atoms with E-state index in [1.165, 1.54) is 0 Å². The van der Waals surface area contributed by atoms with Crippen molar-refractivity contribution in [3.8, 4) is 0 Å². The van der Waals surface area contributed by atoms with Crippen molar-refractivity contribution in [2.75, 3.05) is 19.4 Å². The number of hydrogen-bond acceptors (Lipinski definition) is 3. The van der Waals surface area contributed by atoms with Crippen molar-refractivity contribution < 1.29 is 22.1 Å². The third-order valence-corrected chi connectivity index (χ3v) is 6.60. The summed E-state index contributed by atoms with van der Waals surface area (Å²) in [6.07, 6.45) is -0.318. The van der Waals surface area contributed by atoms with Crippen LogP contribution in [0.3, 0.4) is 0 Å². The van der Waals surface area contributed by atoms with E-state index in [0.717, 1.165) is 31.2 Å². The molecule has 164 valence electrons. The maximum Gasteiger partial charge on any atom is 0.411 e. The van der Waals surface area contributed by atoms with Gasteiger partial charge in [0.05, 0.1) is 6.61 Å². The van der Waals surface area contributed by atoms with Gasteiger partial charge in [-0.1, -0.05) is 37.6 Å². The Bertz CT molecular complexity index is 681. The Hall–Kier alpha value is -1.61. The number of ether oxygens (including phenoxy) is 1. The van der Waals surface area contributed by atoms with Gasteiger partial charge in [-0.05, 0) is 30.4 Å². The lowest BCUT2D eigenvalue weighted by atomic mass is 9.95. The zero-order chi connectivity index (χ0) is 21.3. The first-order valence-corrected chi connectivity index (χ1v) is 11.3. The number of alkyl halides is 3. The van der Waals surface area contributed by atoms with E-state index >= 15 is 0 Å². The summed E-state index contributed by atoms with van der Waals surface area (Å²) in [6, 6.07) is 7.48. The van der Waals surface area contributed by atoms with Crippen LogP contribution < -0.4 is 10.6 Å². The highest BCUT2D eigenvalue weighted by molar-refractivity contribution is 7.85. The Morgan fingerprint density at radius 1 is 1.24 bits per heavy atom. The molecule has 0 spiro atoms. The van der Waals surface area contributed by atoms with Gasteiger partial charge in [-0.3, -0.25) is 9.20 Å². The van der Waals surface area contributed by atoms with Crippen LogP contribution in [-0.2, 0) is 28.7 Å². The van der Waals surface area contributed by atoms with Gasteiger partial charge in [0, 0.05) is 41.4 Å². The standard InChI is InChI=1S/C20H30F3N3O2S/c1-3-29(27)18-6-4-5-17(11-18)26-19(24-2)25-12-15-7-9-16(10-8-15)13-28-14-20(21,22)23/h7-10,17-18H,3-6,11-14H2,1-2H3,(H2,24,25,26). The van der Waals surface area contributed by atoms with E-state index in [0.29, 0.717) is 23.8 Å². The maximum atomic E-state index is 12.1. The van der Waals surface area contributed by atoms with Crippen molar-refractivity contribution in [2.24, 2.45) is 4.99 Å². The van der Waals surface area contributed by atoms with Crippen LogP contribution in [0.2, 0.25) is 0 Å². The molecule has 0 radical (unpaired) electrons. The monoisotopic (exact) mass is 433 g/mol. The summed E-state index contributed by atoms with van der Waals surface area (Å²) in [6.45, 7) is 1.19. The minimum atomic E-state index is -4.31. The molecule has 1 aromatic carbocycles. The van der Waals surface area contributed by atoms with Crippen molar-refractivity contribution in [3.05, 3.63) is 35.4 Å². The van der Waals surface area contributed by atoms with Crippen molar-refractivity contribution in [1.29, 1.82) is 0 Å². The molecule has 9 heteroatoms. The molecule has 2 rings (SSSR count). The van der Waals surface area contributed by atoms with Gasteiger partial charge in [0.2, 0.25) is 0 Å². The summed E-state index contributed by atoms with van der Waals surface area (Å²) in [5.41, 5.74) is 1.68. The van der Waals surface area contributed by atoms with E-state index in [4.69, 9.17) is 0 Å². The second kappa shape index (κ2) is 11.5. The summed E-state index contributed by atoms with van der Waals surface area (Å²) in [4.78, 5) is 4.26. The van der Waals surface area contributed by atoms with Crippen molar-refractivity contribution in [3.63, 3.8) is 0 Å². The molecule has 0 saturated heterocycles. The van der Waals surface area contributed by atoms with E-state index in [9.17, 15) is 17.4 Å². The second-order valence-corrected chi connectivity index (χ2v) is 9.16. The molecule has 3 unspecified atom stereocenters. The molecule has 0 amide bonds. The fraction of sp³-hybridized carbons (Fsp3) is 0.650. The highest BCUT2D eigenvalue weighted by Crippen LogP contribution is 2.23. The molecule has 29 heavy (non-hydrogen) atoms. The normalized spacial score (nSPS) is 21.6. The predicted octanol–water partition coefficient (Wildman–Crippen LogP) is 3.51. The average Bonchev–Trinajstić information content (AvgIpc) is 2.70. The Balaban J connectivity index is 1.78. The zero-order valence-corrected chi connectivity index (χ0v) is 17.7. The lowest BCUT2D eigenvalue weighted by Crippen LogP contribution is -2.46. The molecule has 1 aliphatic carbocycles. The number of guanidine groups is 1. The minimum Gasteiger partial charge on any atom is -0.367 e. The number of benzene rings is 1. The van der Waals surface area contributed by atoms with Crippen LogP contribution in [0, 0.1) is 0 Å². The van der Waals surface area contributed by atoms with Crippen molar-refractivity contribution in [2.45, 2.75) is 63.2 Å². The highest BCUT2D eigenvalue weighted by atomic mass is 32.2. The van der Waals surface area contributed by atoms with Gasteiger partial charge in [-0.2, -0.15) is 13.2 Å². The molecule has 0 bridgehead atoms. The van der Waals surface area contributed by atoms with Crippen molar-refractivity contribution in [1.82, 2.24) is 10.6 Å². The summed E-state index contributed by atoms with van der Waals surface area (Å²) >= 11 is 0. The molecule has 1 aromatic rings. The van der Waals surface area contributed by atoms with Crippen LogP contribution in [0.5, 0.6) is 0 Å². The van der Waals surface area contributed by atoms with Gasteiger partial charge in [-0.25, -0.2) is 0 Å². The number of hydrogen-bond donors (Lipinski definition) is 2. The van der Waals surface area contributed by atoms with E-state index in [1.807, 2.05) is 19.1 Å². The number of halogens is 3. The lowest BCUT2D eigenvalue weighted by Gasteiger charge is -2.30. The van der Waals surface area contributed by atoms with E-state index in [-0.39, 0.29) is 17.9 Å². The first kappa shape index (κ1) is 23.7. The number of nitrogens with one attached hydrogen (secondary N) is 2. The smallest absolute Gasteiger partial charge is 0.367 e. The Morgan fingerprint density at radius 2 is 1.93 bits per heavy atom. The van der Waals surface area contributed by atoms with Gasteiger partial charge in [0.1, 0.15) is 6.61 Å². The van der Waals surface area contributed by atoms with Crippen LogP contribution in [-0.4, -0.2) is 47.0 Å². The first-order chi connectivity index (χ1) is 13.8. The van der Waals surface area contributed by atoms with E-state index in [1.54, 1.807) is 19.2 Å². The summed E-state index contributed by atoms with van der Waals surface area (Å²) in [5.74, 6) is 1.39. The summed E-state index contributed by atoms with van der Waals surface area (Å²) in [5, 5.41) is 6.92. The summed E-state index contributed by atoms with van der Waals surface area (Å²) < 4.78 is 53.1. The largest absolute Gasteiger partial charge is 0.411 e. The van der Waals surface area contributed by atoms with Gasteiger partial charge >= 0.3 is 6.18 Å². The minimum absolute atomic E-state index is 0.0710. The number of aliphatic imine (C=N–C) groups is 1. The second-order valence-electron chi connectivity index (χ2n) is 7.15. The molecule has 1 aliphatic rings. The number of nitrogens with zero attached hydrogens (tertiary/aromatic N) is 1. The molecule has 3 atom stereocenters. The summed E-state index contributed by atoms with van der Waals surface area (Å²) in [7, 11) is 0.942. The predicted molar refractivity (Wildman–Crippen MR) is 110 cm³/mol. The fourth-order valence-corrected chi connectivity index (χ4v) is 4.71. The van der Waals surface area contributed by atoms with Gasteiger partial charge in [0.15, 0.2) is 5.96 Å². The van der Waals surface area contributed by atoms with Crippen LogP contribution in [0.15, 0.2) is 29.3 Å². The Labute approximate surface area is 173 Å². The van der Waals surface area contributed by atoms with Crippen LogP contribution in [0.4, 0.5) is 13.2 Å². The Morgan fingerprint density at radius 3 is 2.55 bits per heavy atom. The maximum absolute atomic E-state index is 12.1. The molecule has 0 aliphatic heterocycles. The fourth-order valence-electron chi connectivity index (χ4n) is 3.36. The van der Waals surface area contributed by atoms with Gasteiger partial charge in [0.25, 0.3) is 0 Å². The van der Waals surface area contributed by atoms with E-state index in [2.05, 4.69) is 20.4 Å². The Kier molecular flexibility index (Phi) is 9.42. The SMILES string of the molecule is CCS(=O)C1CCCC(NC(=NC)NCc2ccc(COCC(F)(F)F)cc2)C1. The molecular formula is C20H30F3N3O2S. The zero-order valence-electron chi connectivity index (χ0n) is 16.9. The first-order valence-electron chi connectivity index (χ1n) is 9.87. The molecule has 1 saturated carbocycles. The topological polar surface area (TPSA) is 62.7 Å². The van der Waals surface area contributed by atoms with Crippen molar-refractivity contribution >= 4 is 16.8 Å². The van der Waals surface area contributed by atoms with Crippen LogP contribution >= 0.6 is 0 Å². The molecule has 2 N–H and O–H groups in total. The quantitative estimate of drug-likeness (QED) is 0.487. The van der Waals surface area contributed by atoms with E-state index < -0.39 is 23.6 Å². The lowest BCUT2D eigenvalue weighted by molar-refractivity contribution is -0.176. The van der Waals surface area contributed by atoms with Gasteiger partial charge in [-0.15, -0.1) is 0 Å².